The van der Waals surface area contributed by atoms with E-state index in [0.29, 0.717) is 5.56 Å². The molecular formula is C10H7F3O2S. The molecule has 0 aliphatic heterocycles. The van der Waals surface area contributed by atoms with Crippen molar-refractivity contribution in [2.45, 2.75) is 10.4 Å². The monoisotopic (exact) mass is 248 g/mol. The summed E-state index contributed by atoms with van der Waals surface area (Å²) in [4.78, 5) is 10.2. The molecule has 0 unspecified atom stereocenters. The van der Waals surface area contributed by atoms with Crippen LogP contribution in [0.5, 0.6) is 0 Å². The molecule has 0 heterocycles. The van der Waals surface area contributed by atoms with Gasteiger partial charge in [-0.3, -0.25) is 0 Å². The van der Waals surface area contributed by atoms with Crippen LogP contribution in [0.15, 0.2) is 35.2 Å². The van der Waals surface area contributed by atoms with Gasteiger partial charge in [-0.15, -0.1) is 0 Å². The third kappa shape index (κ3) is 4.88. The van der Waals surface area contributed by atoms with Gasteiger partial charge in [0.25, 0.3) is 0 Å². The predicted molar refractivity (Wildman–Crippen MR) is 55.0 cm³/mol. The van der Waals surface area contributed by atoms with Gasteiger partial charge in [0.2, 0.25) is 0 Å². The Morgan fingerprint density at radius 3 is 2.62 bits per heavy atom. The lowest BCUT2D eigenvalue weighted by molar-refractivity contribution is -0.131. The zero-order valence-electron chi connectivity index (χ0n) is 7.86. The molecule has 0 aliphatic rings. The van der Waals surface area contributed by atoms with Crippen LogP contribution >= 0.6 is 11.8 Å². The normalized spacial score (nSPS) is 11.9. The second-order valence-electron chi connectivity index (χ2n) is 2.79. The Kier molecular flexibility index (Phi) is 4.00. The first-order valence-electron chi connectivity index (χ1n) is 4.13. The van der Waals surface area contributed by atoms with Gasteiger partial charge in [-0.2, -0.15) is 13.2 Å². The Balaban J connectivity index is 2.83. The summed E-state index contributed by atoms with van der Waals surface area (Å²) in [5.74, 6) is -1.14. The summed E-state index contributed by atoms with van der Waals surface area (Å²) in [7, 11) is 0. The van der Waals surface area contributed by atoms with E-state index in [1.807, 2.05) is 0 Å². The van der Waals surface area contributed by atoms with E-state index in [1.165, 1.54) is 30.3 Å². The highest BCUT2D eigenvalue weighted by Crippen LogP contribution is 2.36. The van der Waals surface area contributed by atoms with Crippen LogP contribution in [0.1, 0.15) is 5.56 Å². The smallest absolute Gasteiger partial charge is 0.446 e. The fraction of sp³-hybridized carbons (Fsp3) is 0.100. The first kappa shape index (κ1) is 12.6. The van der Waals surface area contributed by atoms with Gasteiger partial charge in [-0.05, 0) is 35.5 Å². The molecular weight excluding hydrogens is 241 g/mol. The van der Waals surface area contributed by atoms with Crippen molar-refractivity contribution >= 4 is 23.8 Å². The van der Waals surface area contributed by atoms with Gasteiger partial charge >= 0.3 is 11.5 Å². The van der Waals surface area contributed by atoms with Crippen molar-refractivity contribution < 1.29 is 23.1 Å². The lowest BCUT2D eigenvalue weighted by atomic mass is 10.2. The molecule has 0 saturated carbocycles. The standard InChI is InChI=1S/C10H7F3O2S/c11-10(12,13)16-8-3-1-2-7(6-8)4-5-9(14)15/h1-6H,(H,14,15)/b5-4+. The quantitative estimate of drug-likeness (QED) is 0.658. The van der Waals surface area contributed by atoms with E-state index in [2.05, 4.69) is 0 Å². The average molecular weight is 248 g/mol. The first-order valence-corrected chi connectivity index (χ1v) is 4.95. The third-order valence-corrected chi connectivity index (χ3v) is 2.23. The topological polar surface area (TPSA) is 37.3 Å². The summed E-state index contributed by atoms with van der Waals surface area (Å²) >= 11 is -0.232. The number of rotatable bonds is 3. The minimum atomic E-state index is -4.34. The number of thioether (sulfide) groups is 1. The van der Waals surface area contributed by atoms with E-state index in [4.69, 9.17) is 5.11 Å². The van der Waals surface area contributed by atoms with Gasteiger partial charge < -0.3 is 5.11 Å². The average Bonchev–Trinajstić information content (AvgIpc) is 2.12. The fourth-order valence-corrected chi connectivity index (χ4v) is 1.59. The van der Waals surface area contributed by atoms with E-state index < -0.39 is 11.5 Å². The van der Waals surface area contributed by atoms with E-state index in [-0.39, 0.29) is 16.7 Å². The van der Waals surface area contributed by atoms with E-state index >= 15 is 0 Å². The lowest BCUT2D eigenvalue weighted by Crippen LogP contribution is -1.98. The molecule has 2 nitrogen and oxygen atoms in total. The minimum Gasteiger partial charge on any atom is -0.478 e. The van der Waals surface area contributed by atoms with Crippen LogP contribution in [0.4, 0.5) is 13.2 Å². The highest BCUT2D eigenvalue weighted by Gasteiger charge is 2.29. The molecule has 0 aliphatic carbocycles. The zero-order valence-corrected chi connectivity index (χ0v) is 8.68. The van der Waals surface area contributed by atoms with E-state index in [9.17, 15) is 18.0 Å². The van der Waals surface area contributed by atoms with Crippen molar-refractivity contribution in [1.29, 1.82) is 0 Å². The number of aliphatic carboxylic acids is 1. The highest BCUT2D eigenvalue weighted by molar-refractivity contribution is 8.00. The molecule has 0 saturated heterocycles. The molecule has 16 heavy (non-hydrogen) atoms. The van der Waals surface area contributed by atoms with Crippen molar-refractivity contribution in [3.8, 4) is 0 Å². The van der Waals surface area contributed by atoms with Crippen molar-refractivity contribution in [2.24, 2.45) is 0 Å². The van der Waals surface area contributed by atoms with Gasteiger partial charge in [0.1, 0.15) is 0 Å². The van der Waals surface area contributed by atoms with Gasteiger partial charge in [-0.25, -0.2) is 4.79 Å². The molecule has 86 valence electrons. The number of halogens is 3. The van der Waals surface area contributed by atoms with Crippen LogP contribution < -0.4 is 0 Å². The summed E-state index contributed by atoms with van der Waals surface area (Å²) in [6.07, 6.45) is 2.11. The maximum absolute atomic E-state index is 12.0. The molecule has 0 radical (unpaired) electrons. The first-order chi connectivity index (χ1) is 7.37. The van der Waals surface area contributed by atoms with Crippen molar-refractivity contribution in [3.63, 3.8) is 0 Å². The molecule has 1 N–H and O–H groups in total. The number of carbonyl (C=O) groups is 1. The molecule has 1 aromatic rings. The minimum absolute atomic E-state index is 0.0278. The molecule has 6 heteroatoms. The molecule has 0 spiro atoms. The van der Waals surface area contributed by atoms with Gasteiger partial charge in [0.05, 0.1) is 0 Å². The number of carboxylic acids is 1. The zero-order chi connectivity index (χ0) is 12.2. The number of benzene rings is 1. The third-order valence-electron chi connectivity index (χ3n) is 1.51. The Morgan fingerprint density at radius 1 is 1.38 bits per heavy atom. The summed E-state index contributed by atoms with van der Waals surface area (Å²) in [6.45, 7) is 0. The van der Waals surface area contributed by atoms with Crippen molar-refractivity contribution in [2.75, 3.05) is 0 Å². The summed E-state index contributed by atoms with van der Waals surface area (Å²) < 4.78 is 36.1. The Labute approximate surface area is 93.8 Å². The number of carboxylic acid groups (broad SMARTS) is 1. The molecule has 0 atom stereocenters. The van der Waals surface area contributed by atoms with Crippen LogP contribution in [0.3, 0.4) is 0 Å². The van der Waals surface area contributed by atoms with Crippen molar-refractivity contribution in [3.05, 3.63) is 35.9 Å². The molecule has 1 rings (SSSR count). The van der Waals surface area contributed by atoms with Crippen LogP contribution in [0, 0.1) is 0 Å². The number of hydrogen-bond donors (Lipinski definition) is 1. The Morgan fingerprint density at radius 2 is 2.06 bits per heavy atom. The SMILES string of the molecule is O=C(O)/C=C/c1cccc(SC(F)(F)F)c1. The molecule has 0 bridgehead atoms. The Bertz CT molecular complexity index is 413. The highest BCUT2D eigenvalue weighted by atomic mass is 32.2. The second kappa shape index (κ2) is 5.07. The van der Waals surface area contributed by atoms with Gasteiger partial charge in [0.15, 0.2) is 0 Å². The number of hydrogen-bond acceptors (Lipinski definition) is 2. The molecule has 0 amide bonds. The van der Waals surface area contributed by atoms with Gasteiger partial charge in [0, 0.05) is 11.0 Å². The van der Waals surface area contributed by atoms with Crippen LogP contribution in [-0.2, 0) is 4.79 Å². The maximum atomic E-state index is 12.0. The molecule has 0 aromatic heterocycles. The summed E-state index contributed by atoms with van der Waals surface area (Å²) in [5.41, 5.74) is -3.92. The fourth-order valence-electron chi connectivity index (χ4n) is 0.983. The Hall–Kier alpha value is -1.43. The van der Waals surface area contributed by atoms with Gasteiger partial charge in [-0.1, -0.05) is 12.1 Å². The van der Waals surface area contributed by atoms with Crippen molar-refractivity contribution in [1.82, 2.24) is 0 Å². The number of alkyl halides is 3. The maximum Gasteiger partial charge on any atom is 0.446 e. The van der Waals surface area contributed by atoms with Crippen LogP contribution in [0.2, 0.25) is 0 Å². The van der Waals surface area contributed by atoms with Crippen LogP contribution in [-0.4, -0.2) is 16.6 Å². The summed E-state index contributed by atoms with van der Waals surface area (Å²) in [5, 5.41) is 8.36. The van der Waals surface area contributed by atoms with E-state index in [1.54, 1.807) is 0 Å². The molecule has 1 aromatic carbocycles. The lowest BCUT2D eigenvalue weighted by Gasteiger charge is -2.05. The largest absolute Gasteiger partial charge is 0.478 e. The molecule has 0 fully saturated rings. The predicted octanol–water partition coefficient (Wildman–Crippen LogP) is 3.40. The second-order valence-corrected chi connectivity index (χ2v) is 3.93. The summed E-state index contributed by atoms with van der Waals surface area (Å²) in [6, 6.07) is 5.56. The van der Waals surface area contributed by atoms with E-state index in [0.717, 1.165) is 6.08 Å². The van der Waals surface area contributed by atoms with Crippen LogP contribution in [0.25, 0.3) is 6.08 Å².